The van der Waals surface area contributed by atoms with Gasteiger partial charge in [-0.05, 0) is 69.2 Å². The lowest BCUT2D eigenvalue weighted by Crippen LogP contribution is -2.70. The van der Waals surface area contributed by atoms with E-state index in [1.54, 1.807) is 55.0 Å². The van der Waals surface area contributed by atoms with Gasteiger partial charge in [0.15, 0.2) is 0 Å². The van der Waals surface area contributed by atoms with Gasteiger partial charge in [0.05, 0.1) is 11.0 Å². The van der Waals surface area contributed by atoms with E-state index < -0.39 is 16.9 Å². The molecule has 8 nitrogen and oxygen atoms in total. The molecule has 0 saturated heterocycles. The molecular formula is C27H30N4O4. The molecule has 3 aromatic rings. The van der Waals surface area contributed by atoms with Gasteiger partial charge >= 0.3 is 0 Å². The fourth-order valence-corrected chi connectivity index (χ4v) is 3.65. The third-order valence-electron chi connectivity index (χ3n) is 5.37. The number of carbonyl (C=O) groups excluding carboxylic acids is 1. The second-order valence-electron chi connectivity index (χ2n) is 8.92. The number of aliphatic hydroxyl groups is 1. The van der Waals surface area contributed by atoms with E-state index in [1.165, 1.54) is 12.4 Å². The van der Waals surface area contributed by atoms with Crippen LogP contribution in [0.2, 0.25) is 0 Å². The predicted octanol–water partition coefficient (Wildman–Crippen LogP) is 2.81. The molecule has 4 N–H and O–H groups in total. The summed E-state index contributed by atoms with van der Waals surface area (Å²) in [7, 11) is 0. The van der Waals surface area contributed by atoms with Crippen LogP contribution in [0.1, 0.15) is 43.6 Å². The van der Waals surface area contributed by atoms with Crippen molar-refractivity contribution in [1.82, 2.24) is 14.9 Å². The molecule has 182 valence electrons. The van der Waals surface area contributed by atoms with Crippen LogP contribution >= 0.6 is 0 Å². The van der Waals surface area contributed by atoms with Gasteiger partial charge in [-0.1, -0.05) is 24.8 Å². The van der Waals surface area contributed by atoms with Crippen molar-refractivity contribution in [3.05, 3.63) is 106 Å². The molecule has 2 heterocycles. The van der Waals surface area contributed by atoms with Gasteiger partial charge < -0.3 is 25.7 Å². The molecule has 0 atom stereocenters. The molecule has 2 aromatic heterocycles. The summed E-state index contributed by atoms with van der Waals surface area (Å²) in [5.41, 5.74) is 1.96. The van der Waals surface area contributed by atoms with Gasteiger partial charge in [0.1, 0.15) is 17.4 Å². The summed E-state index contributed by atoms with van der Waals surface area (Å²) < 4.78 is 1.68. The van der Waals surface area contributed by atoms with E-state index in [0.29, 0.717) is 38.9 Å². The van der Waals surface area contributed by atoms with E-state index >= 15 is 0 Å². The second kappa shape index (κ2) is 10.6. The Hall–Kier alpha value is -3.85. The highest BCUT2D eigenvalue weighted by molar-refractivity contribution is 5.97. The number of rotatable bonds is 8. The van der Waals surface area contributed by atoms with Crippen LogP contribution in [0.3, 0.4) is 0 Å². The molecule has 0 saturated carbocycles. The topological polar surface area (TPSA) is 124 Å². The largest absolute Gasteiger partial charge is 0.631 e. The summed E-state index contributed by atoms with van der Waals surface area (Å²) in [6.07, 6.45) is 7.71. The fourth-order valence-electron chi connectivity index (χ4n) is 3.65. The molecule has 35 heavy (non-hydrogen) atoms. The van der Waals surface area contributed by atoms with Gasteiger partial charge in [-0.15, -0.1) is 0 Å². The Morgan fingerprint density at radius 3 is 2.66 bits per heavy atom. The summed E-state index contributed by atoms with van der Waals surface area (Å²) in [5, 5.41) is 24.9. The molecule has 8 heteroatoms. The first-order chi connectivity index (χ1) is 16.6. The van der Waals surface area contributed by atoms with E-state index in [1.807, 2.05) is 32.0 Å². The number of fused-ring (bicyclic) bond motifs is 1. The van der Waals surface area contributed by atoms with Crippen LogP contribution in [0.4, 0.5) is 0 Å². The number of benzene rings is 1. The predicted molar refractivity (Wildman–Crippen MR) is 138 cm³/mol. The van der Waals surface area contributed by atoms with Gasteiger partial charge in [0.25, 0.3) is 5.91 Å². The monoisotopic (exact) mass is 474 g/mol. The van der Waals surface area contributed by atoms with Crippen molar-refractivity contribution in [3.8, 4) is 5.69 Å². The Morgan fingerprint density at radius 2 is 2.03 bits per heavy atom. The lowest BCUT2D eigenvalue weighted by atomic mass is 9.94. The minimum Gasteiger partial charge on any atom is -0.631 e. The molecule has 0 radical (unpaired) electrons. The first-order valence-corrected chi connectivity index (χ1v) is 11.2. The number of hydroxylamine groups is 1. The maximum Gasteiger partial charge on any atom is 0.256 e. The average molecular weight is 475 g/mol. The van der Waals surface area contributed by atoms with Gasteiger partial charge in [0.2, 0.25) is 5.43 Å². The molecule has 0 spiro atoms. The second-order valence-corrected chi connectivity index (χ2v) is 8.92. The molecule has 0 aliphatic heterocycles. The van der Waals surface area contributed by atoms with Crippen molar-refractivity contribution in [2.75, 3.05) is 0 Å². The number of nitrogens with zero attached hydrogens (tertiary/aromatic N) is 2. The third-order valence-corrected chi connectivity index (χ3v) is 5.37. The Balaban J connectivity index is 2.24. The lowest BCUT2D eigenvalue weighted by Gasteiger charge is -2.19. The summed E-state index contributed by atoms with van der Waals surface area (Å²) in [5.74, 6) is -0.467. The fraction of sp³-hybridized carbons (Fsp3) is 0.222. The summed E-state index contributed by atoms with van der Waals surface area (Å²) in [6.45, 7) is 10.7. The number of hydrogen-bond acceptors (Lipinski definition) is 5. The molecule has 0 aliphatic carbocycles. The Labute approximate surface area is 203 Å². The zero-order chi connectivity index (χ0) is 25.8. The van der Waals surface area contributed by atoms with Crippen molar-refractivity contribution >= 4 is 22.5 Å². The minimum atomic E-state index is -1.15. The highest BCUT2D eigenvalue weighted by Crippen LogP contribution is 2.25. The van der Waals surface area contributed by atoms with Crippen molar-refractivity contribution in [3.63, 3.8) is 0 Å². The van der Waals surface area contributed by atoms with Crippen LogP contribution in [-0.2, 0) is 0 Å². The summed E-state index contributed by atoms with van der Waals surface area (Å²) in [6, 6.07) is 10.4. The standard InChI is InChI=1S/C27H30N4O4/c1-6-20(27(4,5)34)13-19(15-29-35)18-9-7-10-21(14-18)31-16-23(26(33)30-17(2)3)24(32)22-11-8-12-28-25(22)31/h6-17,34H,1,29H2,2-5H3,(H,30,33). The van der Waals surface area contributed by atoms with E-state index in [2.05, 4.69) is 16.9 Å². The SMILES string of the molecule is C=CC(=CC(=C[NH2+][O-])c1cccc(-n2cc(C(=O)NC(C)C)c(=O)c3cccnc32)c1)C(C)(C)O. The summed E-state index contributed by atoms with van der Waals surface area (Å²) >= 11 is 0. The number of allylic oxidation sites excluding steroid dienone is 2. The van der Waals surface area contributed by atoms with Crippen molar-refractivity contribution in [2.45, 2.75) is 39.3 Å². The molecule has 0 fully saturated rings. The zero-order valence-corrected chi connectivity index (χ0v) is 20.3. The lowest BCUT2D eigenvalue weighted by molar-refractivity contribution is -0.513. The normalized spacial score (nSPS) is 12.8. The van der Waals surface area contributed by atoms with E-state index in [-0.39, 0.29) is 11.6 Å². The quantitative estimate of drug-likeness (QED) is 0.342. The van der Waals surface area contributed by atoms with Crippen molar-refractivity contribution in [2.24, 2.45) is 0 Å². The molecular weight excluding hydrogens is 444 g/mol. The highest BCUT2D eigenvalue weighted by atomic mass is 16.5. The Kier molecular flexibility index (Phi) is 7.81. The molecule has 0 unspecified atom stereocenters. The molecule has 0 aliphatic rings. The minimum absolute atomic E-state index is 0.00382. The maximum atomic E-state index is 13.0. The molecule has 1 amide bonds. The molecule has 0 bridgehead atoms. The van der Waals surface area contributed by atoms with Gasteiger partial charge in [-0.3, -0.25) is 9.59 Å². The average Bonchev–Trinajstić information content (AvgIpc) is 2.81. The Bertz CT molecular complexity index is 1380. The van der Waals surface area contributed by atoms with E-state index in [0.717, 1.165) is 0 Å². The van der Waals surface area contributed by atoms with Gasteiger partial charge in [-0.2, -0.15) is 0 Å². The van der Waals surface area contributed by atoms with Crippen LogP contribution < -0.4 is 16.2 Å². The number of pyridine rings is 2. The highest BCUT2D eigenvalue weighted by Gasteiger charge is 2.19. The van der Waals surface area contributed by atoms with Crippen molar-refractivity contribution < 1.29 is 15.4 Å². The number of quaternary nitrogens is 1. The number of aromatic nitrogens is 2. The van der Waals surface area contributed by atoms with E-state index in [4.69, 9.17) is 0 Å². The van der Waals surface area contributed by atoms with Crippen LogP contribution in [0.25, 0.3) is 22.3 Å². The van der Waals surface area contributed by atoms with Crippen LogP contribution in [-0.4, -0.2) is 32.2 Å². The van der Waals surface area contributed by atoms with Crippen LogP contribution in [0.15, 0.2) is 84.1 Å². The summed E-state index contributed by atoms with van der Waals surface area (Å²) in [4.78, 5) is 30.2. The van der Waals surface area contributed by atoms with Crippen molar-refractivity contribution in [1.29, 1.82) is 0 Å². The number of carbonyl (C=O) groups is 1. The van der Waals surface area contributed by atoms with E-state index in [9.17, 15) is 19.9 Å². The number of nitrogens with one attached hydrogen (secondary N) is 1. The molecule has 3 rings (SSSR count). The first-order valence-electron chi connectivity index (χ1n) is 11.2. The van der Waals surface area contributed by atoms with Gasteiger partial charge in [-0.25, -0.2) is 4.98 Å². The number of hydrogen-bond donors (Lipinski definition) is 3. The first kappa shape index (κ1) is 25.8. The maximum absolute atomic E-state index is 13.0. The molecule has 1 aromatic carbocycles. The van der Waals surface area contributed by atoms with Crippen LogP contribution in [0, 0.1) is 5.21 Å². The number of amides is 1. The Morgan fingerprint density at radius 1 is 1.29 bits per heavy atom. The van der Waals surface area contributed by atoms with Gasteiger partial charge in [0, 0.05) is 29.7 Å². The third kappa shape index (κ3) is 5.81. The zero-order valence-electron chi connectivity index (χ0n) is 20.3. The van der Waals surface area contributed by atoms with Crippen LogP contribution in [0.5, 0.6) is 0 Å². The smallest absolute Gasteiger partial charge is 0.256 e. The number of nitrogens with two attached hydrogens (primary N) is 1.